The Morgan fingerprint density at radius 2 is 2.24 bits per heavy atom. The molecule has 2 atom stereocenters. The monoisotopic (exact) mass is 361 g/mol. The highest BCUT2D eigenvalue weighted by Gasteiger charge is 2.28. The fourth-order valence-corrected chi connectivity index (χ4v) is 3.46. The smallest absolute Gasteiger partial charge is 0.223 e. The third-order valence-electron chi connectivity index (χ3n) is 4.22. The van der Waals surface area contributed by atoms with Crippen LogP contribution < -0.4 is 10.1 Å². The van der Waals surface area contributed by atoms with Gasteiger partial charge in [0.15, 0.2) is 0 Å². The number of piperidine rings is 1. The first-order valence-electron chi connectivity index (χ1n) is 8.45. The Labute approximate surface area is 151 Å². The summed E-state index contributed by atoms with van der Waals surface area (Å²) in [7, 11) is 0. The summed E-state index contributed by atoms with van der Waals surface area (Å²) in [5.74, 6) is 0.665. The number of aliphatic hydroxyl groups is 1. The normalized spacial score (nSPS) is 21.0. The number of carbonyl (C=O) groups is 1. The molecule has 2 N–H and O–H groups in total. The SMILES string of the molecule is O=C(CCOc1ccccc1)N[C@@H]1CCN(Cc2cscn2)C[C@H]1O. The molecule has 1 saturated heterocycles. The second-order valence-electron chi connectivity index (χ2n) is 6.16. The highest BCUT2D eigenvalue weighted by Crippen LogP contribution is 2.15. The van der Waals surface area contributed by atoms with Gasteiger partial charge in [-0.15, -0.1) is 11.3 Å². The molecule has 1 aliphatic heterocycles. The first kappa shape index (κ1) is 17.8. The molecule has 25 heavy (non-hydrogen) atoms. The zero-order valence-corrected chi connectivity index (χ0v) is 14.8. The van der Waals surface area contributed by atoms with Gasteiger partial charge in [0.1, 0.15) is 5.75 Å². The Hall–Kier alpha value is -1.96. The van der Waals surface area contributed by atoms with Crippen LogP contribution >= 0.6 is 11.3 Å². The maximum Gasteiger partial charge on any atom is 0.223 e. The number of amides is 1. The zero-order valence-electron chi connectivity index (χ0n) is 14.0. The third kappa shape index (κ3) is 5.52. The predicted octanol–water partition coefficient (Wildman–Crippen LogP) is 1.66. The number of hydrogen-bond donors (Lipinski definition) is 2. The number of hydrogen-bond acceptors (Lipinski definition) is 6. The predicted molar refractivity (Wildman–Crippen MR) is 96.5 cm³/mol. The number of rotatable bonds is 7. The van der Waals surface area contributed by atoms with Crippen molar-refractivity contribution in [1.82, 2.24) is 15.2 Å². The van der Waals surface area contributed by atoms with Crippen LogP contribution in [0.4, 0.5) is 0 Å². The standard InChI is InChI=1S/C18H23N3O3S/c22-17-11-21(10-14-12-25-13-19-14)8-6-16(17)20-18(23)7-9-24-15-4-2-1-3-5-15/h1-5,12-13,16-17,22H,6-11H2,(H,20,23)/t16-,17-/m1/s1. The molecule has 2 heterocycles. The number of likely N-dealkylation sites (tertiary alicyclic amines) is 1. The summed E-state index contributed by atoms with van der Waals surface area (Å²) in [5.41, 5.74) is 2.84. The molecule has 0 spiro atoms. The summed E-state index contributed by atoms with van der Waals surface area (Å²) in [6, 6.07) is 9.23. The Bertz CT molecular complexity index is 651. The van der Waals surface area contributed by atoms with Crippen LogP contribution in [0.2, 0.25) is 0 Å². The molecule has 2 aromatic rings. The maximum atomic E-state index is 12.1. The number of ether oxygens (including phenoxy) is 1. The minimum Gasteiger partial charge on any atom is -0.493 e. The van der Waals surface area contributed by atoms with Gasteiger partial charge in [0, 0.05) is 25.0 Å². The Morgan fingerprint density at radius 3 is 2.96 bits per heavy atom. The van der Waals surface area contributed by atoms with Crippen LogP contribution in [0.25, 0.3) is 0 Å². The number of aliphatic hydroxyl groups excluding tert-OH is 1. The molecule has 1 aromatic carbocycles. The molecular formula is C18H23N3O3S. The van der Waals surface area contributed by atoms with Crippen molar-refractivity contribution >= 4 is 17.2 Å². The molecule has 1 fully saturated rings. The lowest BCUT2D eigenvalue weighted by molar-refractivity contribution is -0.123. The molecule has 1 amide bonds. The van der Waals surface area contributed by atoms with E-state index in [9.17, 15) is 9.90 Å². The van der Waals surface area contributed by atoms with E-state index in [1.54, 1.807) is 11.3 Å². The summed E-state index contributed by atoms with van der Waals surface area (Å²) in [4.78, 5) is 18.5. The summed E-state index contributed by atoms with van der Waals surface area (Å²) < 4.78 is 5.53. The lowest BCUT2D eigenvalue weighted by Crippen LogP contribution is -2.53. The van der Waals surface area contributed by atoms with Crippen LogP contribution in [-0.2, 0) is 11.3 Å². The minimum absolute atomic E-state index is 0.0899. The van der Waals surface area contributed by atoms with Gasteiger partial charge < -0.3 is 15.2 Å². The number of aromatic nitrogens is 1. The molecule has 0 aliphatic carbocycles. The van der Waals surface area contributed by atoms with E-state index in [1.165, 1.54) is 0 Å². The van der Waals surface area contributed by atoms with E-state index in [1.807, 2.05) is 41.2 Å². The van der Waals surface area contributed by atoms with Crippen LogP contribution in [0, 0.1) is 0 Å². The van der Waals surface area contributed by atoms with Gasteiger partial charge in [0.25, 0.3) is 0 Å². The molecule has 0 unspecified atom stereocenters. The summed E-state index contributed by atoms with van der Waals surface area (Å²) in [6.45, 7) is 2.45. The topological polar surface area (TPSA) is 74.7 Å². The lowest BCUT2D eigenvalue weighted by Gasteiger charge is -2.35. The number of benzene rings is 1. The van der Waals surface area contributed by atoms with Crippen molar-refractivity contribution in [2.75, 3.05) is 19.7 Å². The Balaban J connectivity index is 1.37. The van der Waals surface area contributed by atoms with Gasteiger partial charge in [-0.25, -0.2) is 4.98 Å². The van der Waals surface area contributed by atoms with E-state index >= 15 is 0 Å². The van der Waals surface area contributed by atoms with Crippen molar-refractivity contribution in [3.63, 3.8) is 0 Å². The molecule has 0 saturated carbocycles. The van der Waals surface area contributed by atoms with Crippen molar-refractivity contribution in [2.45, 2.75) is 31.5 Å². The summed E-state index contributed by atoms with van der Waals surface area (Å²) in [6.07, 6.45) is 0.448. The zero-order chi connectivity index (χ0) is 17.5. The van der Waals surface area contributed by atoms with Crippen molar-refractivity contribution < 1.29 is 14.6 Å². The number of para-hydroxylation sites is 1. The molecule has 0 radical (unpaired) electrons. The van der Waals surface area contributed by atoms with Crippen molar-refractivity contribution in [1.29, 1.82) is 0 Å². The second kappa shape index (κ2) is 8.94. The van der Waals surface area contributed by atoms with Crippen LogP contribution in [0.5, 0.6) is 5.75 Å². The van der Waals surface area contributed by atoms with Crippen LogP contribution in [0.1, 0.15) is 18.5 Å². The largest absolute Gasteiger partial charge is 0.493 e. The van der Waals surface area contributed by atoms with Crippen molar-refractivity contribution in [3.8, 4) is 5.75 Å². The van der Waals surface area contributed by atoms with Gasteiger partial charge in [-0.2, -0.15) is 0 Å². The Kier molecular flexibility index (Phi) is 6.38. The van der Waals surface area contributed by atoms with Crippen molar-refractivity contribution in [3.05, 3.63) is 46.9 Å². The number of nitrogens with one attached hydrogen (secondary N) is 1. The highest BCUT2D eigenvalue weighted by atomic mass is 32.1. The van der Waals surface area contributed by atoms with Crippen LogP contribution in [-0.4, -0.2) is 52.7 Å². The van der Waals surface area contributed by atoms with E-state index in [0.29, 0.717) is 13.2 Å². The van der Waals surface area contributed by atoms with Gasteiger partial charge >= 0.3 is 0 Å². The van der Waals surface area contributed by atoms with Gasteiger partial charge in [0.05, 0.1) is 36.4 Å². The molecule has 6 nitrogen and oxygen atoms in total. The molecule has 1 aromatic heterocycles. The van der Waals surface area contributed by atoms with E-state index in [2.05, 4.69) is 15.2 Å². The van der Waals surface area contributed by atoms with Gasteiger partial charge in [-0.3, -0.25) is 9.69 Å². The summed E-state index contributed by atoms with van der Waals surface area (Å²) in [5, 5.41) is 15.3. The highest BCUT2D eigenvalue weighted by molar-refractivity contribution is 7.07. The van der Waals surface area contributed by atoms with Crippen LogP contribution in [0.3, 0.4) is 0 Å². The van der Waals surface area contributed by atoms with E-state index < -0.39 is 6.10 Å². The quantitative estimate of drug-likeness (QED) is 0.785. The van der Waals surface area contributed by atoms with E-state index in [0.717, 1.165) is 31.0 Å². The number of thiazole rings is 1. The number of carbonyl (C=O) groups excluding carboxylic acids is 1. The summed E-state index contributed by atoms with van der Waals surface area (Å²) >= 11 is 1.57. The van der Waals surface area contributed by atoms with E-state index in [-0.39, 0.29) is 18.4 Å². The van der Waals surface area contributed by atoms with Crippen LogP contribution in [0.15, 0.2) is 41.2 Å². The molecule has 7 heteroatoms. The average Bonchev–Trinajstić information content (AvgIpc) is 3.11. The molecule has 0 bridgehead atoms. The first-order valence-corrected chi connectivity index (χ1v) is 9.39. The minimum atomic E-state index is -0.564. The van der Waals surface area contributed by atoms with Crippen molar-refractivity contribution in [2.24, 2.45) is 0 Å². The molecule has 3 rings (SSSR count). The van der Waals surface area contributed by atoms with E-state index in [4.69, 9.17) is 4.74 Å². The van der Waals surface area contributed by atoms with Gasteiger partial charge in [-0.1, -0.05) is 18.2 Å². The van der Waals surface area contributed by atoms with Gasteiger partial charge in [-0.05, 0) is 18.6 Å². The van der Waals surface area contributed by atoms with Gasteiger partial charge in [0.2, 0.25) is 5.91 Å². The molecular weight excluding hydrogens is 338 g/mol. The molecule has 1 aliphatic rings. The fourth-order valence-electron chi connectivity index (χ4n) is 2.91. The Morgan fingerprint density at radius 1 is 1.40 bits per heavy atom. The molecule has 134 valence electrons. The maximum absolute atomic E-state index is 12.1. The fraction of sp³-hybridized carbons (Fsp3) is 0.444. The average molecular weight is 361 g/mol. The third-order valence-corrected chi connectivity index (χ3v) is 4.86. The first-order chi connectivity index (χ1) is 12.2. The number of nitrogens with zero attached hydrogens (tertiary/aromatic N) is 2. The number of β-amino-alcohol motifs (C(OH)–C–C–N with tert-alkyl or cyclic N) is 1. The second-order valence-corrected chi connectivity index (χ2v) is 6.88. The lowest BCUT2D eigenvalue weighted by atomic mass is 10.0.